The number of hydrogen-bond donors (Lipinski definition) is 1. The molecule has 94 valence electrons. The van der Waals surface area contributed by atoms with Gasteiger partial charge in [-0.15, -0.1) is 0 Å². The molecule has 1 heterocycles. The van der Waals surface area contributed by atoms with E-state index in [9.17, 15) is 0 Å². The molecule has 0 aliphatic rings. The molecule has 1 aromatic heterocycles. The van der Waals surface area contributed by atoms with Crippen LogP contribution in [0.15, 0.2) is 39.9 Å². The Balaban J connectivity index is 2.20. The lowest BCUT2D eigenvalue weighted by atomic mass is 10.2. The molecule has 2 aromatic rings. The van der Waals surface area contributed by atoms with Crippen molar-refractivity contribution >= 4 is 23.0 Å². The molecule has 0 fully saturated rings. The number of nitrogens with zero attached hydrogens (tertiary/aromatic N) is 1. The van der Waals surface area contributed by atoms with Gasteiger partial charge in [0.25, 0.3) is 0 Å². The van der Waals surface area contributed by atoms with Crippen LogP contribution in [0.1, 0.15) is 24.0 Å². The Hall–Kier alpha value is -1.74. The predicted octanol–water partition coefficient (Wildman–Crippen LogP) is 4.39. The van der Waals surface area contributed by atoms with Crippen molar-refractivity contribution in [3.8, 4) is 0 Å². The summed E-state index contributed by atoms with van der Waals surface area (Å²) in [6, 6.07) is 9.47. The Morgan fingerprint density at radius 1 is 1.28 bits per heavy atom. The van der Waals surface area contributed by atoms with E-state index >= 15 is 0 Å². The summed E-state index contributed by atoms with van der Waals surface area (Å²) in [5.74, 6) is 1.75. The van der Waals surface area contributed by atoms with E-state index in [1.54, 1.807) is 0 Å². The van der Waals surface area contributed by atoms with E-state index in [1.165, 1.54) is 0 Å². The topological polar surface area (TPSA) is 37.5 Å². The standard InChI is InChI=1S/C14H15ClN2O/c1-9-8-12(11(3)18-9)10(2)16-17-14-7-5-4-6-13(14)15/h4-8,17H,1-3H3/b16-10-. The van der Waals surface area contributed by atoms with Gasteiger partial charge in [-0.25, -0.2) is 0 Å². The maximum atomic E-state index is 6.04. The molecule has 0 atom stereocenters. The number of para-hydroxylation sites is 1. The highest BCUT2D eigenvalue weighted by Gasteiger charge is 2.07. The van der Waals surface area contributed by atoms with E-state index in [4.69, 9.17) is 16.0 Å². The average Bonchev–Trinajstić information content (AvgIpc) is 2.67. The number of anilines is 1. The van der Waals surface area contributed by atoms with Gasteiger partial charge in [0, 0.05) is 5.56 Å². The van der Waals surface area contributed by atoms with E-state index in [0.29, 0.717) is 5.02 Å². The molecule has 0 spiro atoms. The number of aryl methyl sites for hydroxylation is 2. The van der Waals surface area contributed by atoms with Gasteiger partial charge in [0.05, 0.1) is 16.4 Å². The molecule has 0 radical (unpaired) electrons. The molecule has 1 aromatic carbocycles. The maximum Gasteiger partial charge on any atom is 0.110 e. The molecule has 3 nitrogen and oxygen atoms in total. The van der Waals surface area contributed by atoms with Crippen molar-refractivity contribution < 1.29 is 4.42 Å². The molecule has 18 heavy (non-hydrogen) atoms. The summed E-state index contributed by atoms with van der Waals surface area (Å²) in [4.78, 5) is 0. The number of hydrogen-bond acceptors (Lipinski definition) is 3. The molecule has 0 saturated carbocycles. The van der Waals surface area contributed by atoms with E-state index in [2.05, 4.69) is 10.5 Å². The predicted molar refractivity (Wildman–Crippen MR) is 75.5 cm³/mol. The van der Waals surface area contributed by atoms with Crippen molar-refractivity contribution in [2.75, 3.05) is 5.43 Å². The minimum atomic E-state index is 0.647. The quantitative estimate of drug-likeness (QED) is 0.658. The molecule has 0 aliphatic heterocycles. The smallest absolute Gasteiger partial charge is 0.110 e. The van der Waals surface area contributed by atoms with Crippen LogP contribution in [0.25, 0.3) is 0 Å². The van der Waals surface area contributed by atoms with Crippen LogP contribution in [0.3, 0.4) is 0 Å². The van der Waals surface area contributed by atoms with E-state index in [-0.39, 0.29) is 0 Å². The molecular formula is C14H15ClN2O. The fraction of sp³-hybridized carbons (Fsp3) is 0.214. The molecule has 0 unspecified atom stereocenters. The Morgan fingerprint density at radius 2 is 2.00 bits per heavy atom. The van der Waals surface area contributed by atoms with Gasteiger partial charge in [-0.2, -0.15) is 5.10 Å². The monoisotopic (exact) mass is 262 g/mol. The third-order valence-corrected chi connectivity index (χ3v) is 2.98. The molecule has 2 rings (SSSR count). The molecule has 0 saturated heterocycles. The fourth-order valence-electron chi connectivity index (χ4n) is 1.75. The van der Waals surface area contributed by atoms with Gasteiger partial charge < -0.3 is 4.42 Å². The fourth-order valence-corrected chi connectivity index (χ4v) is 1.92. The highest BCUT2D eigenvalue weighted by molar-refractivity contribution is 6.33. The van der Waals surface area contributed by atoms with Crippen LogP contribution in [-0.2, 0) is 0 Å². The van der Waals surface area contributed by atoms with Gasteiger partial charge in [-0.3, -0.25) is 5.43 Å². The number of halogens is 1. The second-order valence-electron chi connectivity index (χ2n) is 4.12. The Morgan fingerprint density at radius 3 is 2.61 bits per heavy atom. The van der Waals surface area contributed by atoms with Crippen LogP contribution < -0.4 is 5.43 Å². The zero-order valence-electron chi connectivity index (χ0n) is 10.6. The third-order valence-electron chi connectivity index (χ3n) is 2.65. The van der Waals surface area contributed by atoms with Gasteiger partial charge in [-0.05, 0) is 39.0 Å². The lowest BCUT2D eigenvalue weighted by Gasteiger charge is -2.04. The van der Waals surface area contributed by atoms with Crippen molar-refractivity contribution in [2.45, 2.75) is 20.8 Å². The zero-order chi connectivity index (χ0) is 13.1. The number of furan rings is 1. The number of hydrazone groups is 1. The summed E-state index contributed by atoms with van der Waals surface area (Å²) >= 11 is 6.04. The summed E-state index contributed by atoms with van der Waals surface area (Å²) in [6.45, 7) is 5.78. The minimum absolute atomic E-state index is 0.647. The van der Waals surface area contributed by atoms with Crippen molar-refractivity contribution in [2.24, 2.45) is 5.10 Å². The summed E-state index contributed by atoms with van der Waals surface area (Å²) in [5, 5.41) is 4.97. The molecule has 0 aliphatic carbocycles. The van der Waals surface area contributed by atoms with Crippen LogP contribution in [-0.4, -0.2) is 5.71 Å². The van der Waals surface area contributed by atoms with Crippen molar-refractivity contribution in [1.82, 2.24) is 0 Å². The highest BCUT2D eigenvalue weighted by Crippen LogP contribution is 2.21. The second-order valence-corrected chi connectivity index (χ2v) is 4.52. The summed E-state index contributed by atoms with van der Waals surface area (Å²) in [6.07, 6.45) is 0. The summed E-state index contributed by atoms with van der Waals surface area (Å²) < 4.78 is 5.48. The average molecular weight is 263 g/mol. The van der Waals surface area contributed by atoms with Crippen molar-refractivity contribution in [3.63, 3.8) is 0 Å². The first-order chi connectivity index (χ1) is 8.58. The SMILES string of the molecule is C/C(=N/Nc1ccccc1Cl)c1cc(C)oc1C. The molecule has 0 bridgehead atoms. The lowest BCUT2D eigenvalue weighted by Crippen LogP contribution is -2.00. The first-order valence-corrected chi connectivity index (χ1v) is 6.08. The van der Waals surface area contributed by atoms with Gasteiger partial charge in [-0.1, -0.05) is 23.7 Å². The molecule has 4 heteroatoms. The number of benzene rings is 1. The summed E-state index contributed by atoms with van der Waals surface area (Å²) in [5.41, 5.74) is 5.62. The number of rotatable bonds is 3. The van der Waals surface area contributed by atoms with Crippen molar-refractivity contribution in [1.29, 1.82) is 0 Å². The van der Waals surface area contributed by atoms with Crippen LogP contribution in [0, 0.1) is 13.8 Å². The molecule has 1 N–H and O–H groups in total. The van der Waals surface area contributed by atoms with Crippen LogP contribution >= 0.6 is 11.6 Å². The van der Waals surface area contributed by atoms with Crippen molar-refractivity contribution in [3.05, 3.63) is 52.4 Å². The van der Waals surface area contributed by atoms with Gasteiger partial charge >= 0.3 is 0 Å². The second kappa shape index (κ2) is 5.27. The van der Waals surface area contributed by atoms with Gasteiger partial charge in [0.2, 0.25) is 0 Å². The van der Waals surface area contributed by atoms with Gasteiger partial charge in [0.15, 0.2) is 0 Å². The van der Waals surface area contributed by atoms with Crippen LogP contribution in [0.4, 0.5) is 5.69 Å². The molecule has 0 amide bonds. The normalized spacial score (nSPS) is 11.7. The van der Waals surface area contributed by atoms with Crippen LogP contribution in [0.5, 0.6) is 0 Å². The third kappa shape index (κ3) is 2.74. The Bertz CT molecular complexity index is 587. The minimum Gasteiger partial charge on any atom is -0.466 e. The van der Waals surface area contributed by atoms with E-state index in [0.717, 1.165) is 28.5 Å². The number of nitrogens with one attached hydrogen (secondary N) is 1. The first kappa shape index (κ1) is 12.7. The summed E-state index contributed by atoms with van der Waals surface area (Å²) in [7, 11) is 0. The highest BCUT2D eigenvalue weighted by atomic mass is 35.5. The first-order valence-electron chi connectivity index (χ1n) is 5.70. The largest absolute Gasteiger partial charge is 0.466 e. The lowest BCUT2D eigenvalue weighted by molar-refractivity contribution is 0.504. The van der Waals surface area contributed by atoms with Gasteiger partial charge in [0.1, 0.15) is 11.5 Å². The molecular weight excluding hydrogens is 248 g/mol. The zero-order valence-corrected chi connectivity index (χ0v) is 11.4. The van der Waals surface area contributed by atoms with Crippen LogP contribution in [0.2, 0.25) is 5.02 Å². The maximum absolute atomic E-state index is 6.04. The Kier molecular flexibility index (Phi) is 3.72. The Labute approximate surface area is 111 Å². The van der Waals surface area contributed by atoms with E-state index < -0.39 is 0 Å². The van der Waals surface area contributed by atoms with E-state index in [1.807, 2.05) is 51.1 Å².